The molecular formula is C17H23Cl2O7Se+. The van der Waals surface area contributed by atoms with Gasteiger partial charge in [-0.3, -0.25) is 0 Å². The fraction of sp³-hybridized carbons (Fsp3) is 0.647. The third kappa shape index (κ3) is 4.63. The molecule has 1 unspecified atom stereocenters. The van der Waals surface area contributed by atoms with E-state index in [2.05, 4.69) is 0 Å². The summed E-state index contributed by atoms with van der Waals surface area (Å²) in [5.74, 6) is 0. The molecule has 27 heavy (non-hydrogen) atoms. The van der Waals surface area contributed by atoms with Gasteiger partial charge in [-0.25, -0.2) is 0 Å². The second-order valence-electron chi connectivity index (χ2n) is 6.69. The minimum atomic E-state index is -1.71. The molecule has 8 atom stereocenters. The van der Waals surface area contributed by atoms with Crippen LogP contribution in [0.5, 0.6) is 0 Å². The molecule has 2 fully saturated rings. The number of aliphatic hydroxyl groups excluding tert-OH is 5. The SMILES string of the molecule is OC[C@@H]1[C@@H](O)[C@H](O)C[Se@+]1C[C@@H](O)[C@H]1OC(c2c(Cl)cccc2Cl)OC[C@H]1O. The predicted octanol–water partition coefficient (Wildman–Crippen LogP) is 0.722. The zero-order chi connectivity index (χ0) is 19.7. The minimum absolute atomic E-state index is 0.0622. The monoisotopic (exact) mass is 489 g/mol. The number of ether oxygens (including phenoxy) is 2. The first-order chi connectivity index (χ1) is 12.8. The van der Waals surface area contributed by atoms with Crippen molar-refractivity contribution in [2.24, 2.45) is 0 Å². The Bertz CT molecular complexity index is 631. The fourth-order valence-electron chi connectivity index (χ4n) is 3.39. The summed E-state index contributed by atoms with van der Waals surface area (Å²) in [6.45, 7) is -0.308. The molecule has 0 bridgehead atoms. The van der Waals surface area contributed by atoms with E-state index in [0.717, 1.165) is 0 Å². The van der Waals surface area contributed by atoms with E-state index in [4.69, 9.17) is 32.7 Å². The summed E-state index contributed by atoms with van der Waals surface area (Å²) in [4.78, 5) is -0.416. The fourth-order valence-corrected chi connectivity index (χ4v) is 9.59. The molecule has 2 saturated heterocycles. The second-order valence-corrected chi connectivity index (χ2v) is 12.4. The molecule has 0 saturated carbocycles. The number of benzene rings is 1. The number of hydrogen-bond donors (Lipinski definition) is 5. The van der Waals surface area contributed by atoms with Crippen molar-refractivity contribution in [1.29, 1.82) is 0 Å². The maximum absolute atomic E-state index is 10.7. The van der Waals surface area contributed by atoms with Crippen LogP contribution in [0.15, 0.2) is 18.2 Å². The topological polar surface area (TPSA) is 120 Å². The van der Waals surface area contributed by atoms with Crippen molar-refractivity contribution in [2.75, 3.05) is 13.2 Å². The molecule has 10 heteroatoms. The van der Waals surface area contributed by atoms with Gasteiger partial charge in [0.1, 0.15) is 0 Å². The van der Waals surface area contributed by atoms with Crippen LogP contribution in [0, 0.1) is 0 Å². The summed E-state index contributed by atoms with van der Waals surface area (Å²) in [6, 6.07) is 4.98. The Hall–Kier alpha value is 0.0395. The van der Waals surface area contributed by atoms with Crippen LogP contribution >= 0.6 is 23.2 Å². The Morgan fingerprint density at radius 1 is 1.15 bits per heavy atom. The quantitative estimate of drug-likeness (QED) is 0.387. The molecule has 5 N–H and O–H groups in total. The molecule has 0 aromatic heterocycles. The van der Waals surface area contributed by atoms with E-state index in [-0.39, 0.29) is 18.5 Å². The first-order valence-electron chi connectivity index (χ1n) is 8.53. The van der Waals surface area contributed by atoms with Crippen molar-refractivity contribution in [3.05, 3.63) is 33.8 Å². The van der Waals surface area contributed by atoms with Gasteiger partial charge in [0.25, 0.3) is 0 Å². The molecule has 3 rings (SSSR count). The van der Waals surface area contributed by atoms with Gasteiger partial charge >= 0.3 is 171 Å². The van der Waals surface area contributed by atoms with Crippen LogP contribution in [0.1, 0.15) is 11.9 Å². The number of halogens is 2. The predicted molar refractivity (Wildman–Crippen MR) is 100 cm³/mol. The van der Waals surface area contributed by atoms with Crippen LogP contribution in [0.2, 0.25) is 25.5 Å². The van der Waals surface area contributed by atoms with Crippen molar-refractivity contribution in [1.82, 2.24) is 0 Å². The maximum atomic E-state index is 10.7. The molecule has 0 amide bonds. The van der Waals surface area contributed by atoms with E-state index in [1.807, 2.05) is 0 Å². The Kier molecular flexibility index (Phi) is 7.44. The standard InChI is InChI=1S/C17H23Cl2O7Se/c18-8-2-1-3-9(19)14(8)17-25-5-10(21)16(26-17)12(23)7-27-6-11(22)15(24)13(27)4-20/h1-3,10-13,15-17,20-24H,4-7H2/q+1/t10-,11-,12-,13-,15+,16+,17?,27-/m1/s1. The van der Waals surface area contributed by atoms with Gasteiger partial charge in [0.2, 0.25) is 0 Å². The van der Waals surface area contributed by atoms with E-state index < -0.39 is 55.5 Å². The second kappa shape index (κ2) is 9.24. The van der Waals surface area contributed by atoms with Crippen molar-refractivity contribution in [3.63, 3.8) is 0 Å². The summed E-state index contributed by atoms with van der Waals surface area (Å²) >= 11 is 10.7. The molecule has 1 aromatic rings. The van der Waals surface area contributed by atoms with Gasteiger partial charge < -0.3 is 0 Å². The average Bonchev–Trinajstić information content (AvgIpc) is 2.89. The van der Waals surface area contributed by atoms with Crippen LogP contribution in [-0.4, -0.2) is 83.2 Å². The van der Waals surface area contributed by atoms with E-state index in [1.54, 1.807) is 18.2 Å². The zero-order valence-electron chi connectivity index (χ0n) is 14.3. The van der Waals surface area contributed by atoms with Gasteiger partial charge in [0, 0.05) is 0 Å². The van der Waals surface area contributed by atoms with Gasteiger partial charge in [-0.05, 0) is 0 Å². The Labute approximate surface area is 171 Å². The van der Waals surface area contributed by atoms with E-state index >= 15 is 0 Å². The van der Waals surface area contributed by atoms with Gasteiger partial charge in [-0.2, -0.15) is 0 Å². The normalized spacial score (nSPS) is 38.1. The van der Waals surface area contributed by atoms with Crippen molar-refractivity contribution in [2.45, 2.75) is 52.3 Å². The van der Waals surface area contributed by atoms with Gasteiger partial charge in [0.05, 0.1) is 0 Å². The van der Waals surface area contributed by atoms with Crippen LogP contribution < -0.4 is 0 Å². The molecule has 0 radical (unpaired) electrons. The first kappa shape index (κ1) is 21.7. The molecule has 0 spiro atoms. The van der Waals surface area contributed by atoms with Crippen molar-refractivity contribution >= 4 is 37.1 Å². The van der Waals surface area contributed by atoms with Gasteiger partial charge in [0.15, 0.2) is 0 Å². The number of hydrogen-bond acceptors (Lipinski definition) is 7. The summed E-state index contributed by atoms with van der Waals surface area (Å²) in [5.41, 5.74) is 0.431. The molecule has 1 aromatic carbocycles. The Morgan fingerprint density at radius 3 is 2.44 bits per heavy atom. The summed E-state index contributed by atoms with van der Waals surface area (Å²) in [6.07, 6.45) is -5.83. The van der Waals surface area contributed by atoms with Gasteiger partial charge in [-0.15, -0.1) is 0 Å². The molecule has 0 aliphatic carbocycles. The molecule has 7 nitrogen and oxygen atoms in total. The summed E-state index contributed by atoms with van der Waals surface area (Å²) in [7, 11) is 0. The van der Waals surface area contributed by atoms with Crippen LogP contribution in [0.25, 0.3) is 0 Å². The molecule has 2 heterocycles. The third-order valence-corrected chi connectivity index (χ3v) is 11.4. The van der Waals surface area contributed by atoms with Crippen molar-refractivity contribution < 1.29 is 35.0 Å². The van der Waals surface area contributed by atoms with E-state index in [0.29, 0.717) is 20.9 Å². The van der Waals surface area contributed by atoms with Gasteiger partial charge in [-0.1, -0.05) is 0 Å². The molecule has 2 aliphatic rings. The van der Waals surface area contributed by atoms with E-state index in [1.165, 1.54) is 0 Å². The number of rotatable bonds is 5. The van der Waals surface area contributed by atoms with Crippen LogP contribution in [0.4, 0.5) is 0 Å². The molecule has 152 valence electrons. The molecular weight excluding hydrogens is 466 g/mol. The van der Waals surface area contributed by atoms with Crippen LogP contribution in [-0.2, 0) is 9.47 Å². The van der Waals surface area contributed by atoms with E-state index in [9.17, 15) is 25.5 Å². The Balaban J connectivity index is 1.71. The van der Waals surface area contributed by atoms with Crippen LogP contribution in [0.3, 0.4) is 0 Å². The average molecular weight is 489 g/mol. The summed E-state index contributed by atoms with van der Waals surface area (Å²) < 4.78 is 11.3. The summed E-state index contributed by atoms with van der Waals surface area (Å²) in [5, 5.41) is 51.6. The number of aliphatic hydroxyl groups is 5. The van der Waals surface area contributed by atoms with Crippen molar-refractivity contribution in [3.8, 4) is 0 Å². The zero-order valence-corrected chi connectivity index (χ0v) is 17.5. The third-order valence-electron chi connectivity index (χ3n) is 4.85. The first-order valence-corrected chi connectivity index (χ1v) is 12.7. The Morgan fingerprint density at radius 2 is 1.81 bits per heavy atom. The molecule has 2 aliphatic heterocycles.